The summed E-state index contributed by atoms with van der Waals surface area (Å²) in [7, 11) is 0. The van der Waals surface area contributed by atoms with Gasteiger partial charge < -0.3 is 14.8 Å². The molecule has 0 aliphatic rings. The molecule has 2 aromatic rings. The monoisotopic (exact) mass is 393 g/mol. The number of hydrazone groups is 1. The molecule has 2 aromatic carbocycles. The quantitative estimate of drug-likeness (QED) is 0.384. The van der Waals surface area contributed by atoms with Crippen LogP contribution in [-0.2, 0) is 0 Å². The van der Waals surface area contributed by atoms with Crippen LogP contribution in [0.5, 0.6) is 11.5 Å². The maximum Gasteiger partial charge on any atom is 0.387 e. The minimum atomic E-state index is -2.84. The minimum Gasteiger partial charge on any atom is -0.494 e. The zero-order valence-corrected chi connectivity index (χ0v) is 15.9. The average Bonchev–Trinajstić information content (AvgIpc) is 2.65. The van der Waals surface area contributed by atoms with Crippen LogP contribution in [0, 0.1) is 0 Å². The third-order valence-corrected chi connectivity index (χ3v) is 3.66. The van der Waals surface area contributed by atoms with E-state index in [0.717, 1.165) is 22.7 Å². The average molecular weight is 393 g/mol. The van der Waals surface area contributed by atoms with Gasteiger partial charge in [-0.3, -0.25) is 5.43 Å². The number of nitrogens with one attached hydrogen (secondary N) is 2. The highest BCUT2D eigenvalue weighted by Crippen LogP contribution is 2.17. The highest BCUT2D eigenvalue weighted by Gasteiger charge is 2.06. The van der Waals surface area contributed by atoms with Crippen molar-refractivity contribution in [3.8, 4) is 11.5 Å². The first-order chi connectivity index (χ1) is 13.0. The minimum absolute atomic E-state index is 0.102. The molecule has 0 unspecified atom stereocenters. The first-order valence-electron chi connectivity index (χ1n) is 8.43. The van der Waals surface area contributed by atoms with E-state index in [0.29, 0.717) is 18.1 Å². The van der Waals surface area contributed by atoms with E-state index in [1.807, 2.05) is 38.1 Å². The van der Waals surface area contributed by atoms with Gasteiger partial charge in [0.2, 0.25) is 0 Å². The first kappa shape index (κ1) is 20.6. The fraction of sp³-hybridized carbons (Fsp3) is 0.263. The second-order valence-electron chi connectivity index (χ2n) is 5.34. The van der Waals surface area contributed by atoms with Crippen molar-refractivity contribution in [3.63, 3.8) is 0 Å². The second-order valence-corrected chi connectivity index (χ2v) is 5.75. The highest BCUT2D eigenvalue weighted by atomic mass is 32.1. The van der Waals surface area contributed by atoms with Gasteiger partial charge in [0.05, 0.1) is 12.3 Å². The molecule has 144 valence electrons. The molecule has 2 N–H and O–H groups in total. The van der Waals surface area contributed by atoms with Crippen LogP contribution >= 0.6 is 12.2 Å². The van der Waals surface area contributed by atoms with Crippen molar-refractivity contribution in [2.24, 2.45) is 5.10 Å². The van der Waals surface area contributed by atoms with Gasteiger partial charge in [-0.25, -0.2) is 0 Å². The van der Waals surface area contributed by atoms with Crippen LogP contribution < -0.4 is 20.2 Å². The molecule has 8 heteroatoms. The molecule has 0 spiro atoms. The van der Waals surface area contributed by atoms with Gasteiger partial charge >= 0.3 is 6.61 Å². The predicted octanol–water partition coefficient (Wildman–Crippen LogP) is 4.79. The number of hydrogen-bond acceptors (Lipinski definition) is 4. The van der Waals surface area contributed by atoms with Crippen LogP contribution in [0.2, 0.25) is 0 Å². The van der Waals surface area contributed by atoms with Crippen molar-refractivity contribution in [3.05, 3.63) is 54.1 Å². The van der Waals surface area contributed by atoms with E-state index < -0.39 is 6.61 Å². The Hall–Kier alpha value is -2.74. The van der Waals surface area contributed by atoms with Crippen LogP contribution in [0.25, 0.3) is 0 Å². The number of hydrogen-bond donors (Lipinski definition) is 2. The summed E-state index contributed by atoms with van der Waals surface area (Å²) >= 11 is 5.24. The van der Waals surface area contributed by atoms with Gasteiger partial charge in [-0.05, 0) is 79.7 Å². The van der Waals surface area contributed by atoms with Gasteiger partial charge in [0.15, 0.2) is 5.11 Å². The summed E-state index contributed by atoms with van der Waals surface area (Å²) in [6.07, 6.45) is 0.633. The van der Waals surface area contributed by atoms with Gasteiger partial charge in [0.25, 0.3) is 0 Å². The summed E-state index contributed by atoms with van der Waals surface area (Å²) in [5.41, 5.74) is 5.11. The van der Waals surface area contributed by atoms with Crippen LogP contribution in [0.3, 0.4) is 0 Å². The molecule has 0 saturated heterocycles. The third kappa shape index (κ3) is 6.82. The lowest BCUT2D eigenvalue weighted by atomic mass is 10.1. The lowest BCUT2D eigenvalue weighted by Crippen LogP contribution is -2.25. The zero-order chi connectivity index (χ0) is 19.6. The molecule has 0 aromatic heterocycles. The Morgan fingerprint density at radius 3 is 2.22 bits per heavy atom. The number of ether oxygens (including phenoxy) is 2. The Labute approximate surface area is 162 Å². The predicted molar refractivity (Wildman–Crippen MR) is 107 cm³/mol. The summed E-state index contributed by atoms with van der Waals surface area (Å²) < 4.78 is 34.2. The number of halogens is 2. The van der Waals surface area contributed by atoms with E-state index in [1.54, 1.807) is 12.1 Å². The molecule has 0 radical (unpaired) electrons. The summed E-state index contributed by atoms with van der Waals surface area (Å²) in [4.78, 5) is 0. The van der Waals surface area contributed by atoms with Crippen molar-refractivity contribution < 1.29 is 18.3 Å². The smallest absolute Gasteiger partial charge is 0.387 e. The van der Waals surface area contributed by atoms with E-state index >= 15 is 0 Å². The molecule has 0 amide bonds. The molecule has 0 fully saturated rings. The molecule has 0 heterocycles. The van der Waals surface area contributed by atoms with Gasteiger partial charge in [0, 0.05) is 5.69 Å². The molecule has 2 rings (SSSR count). The van der Waals surface area contributed by atoms with E-state index in [-0.39, 0.29) is 5.75 Å². The fourth-order valence-corrected chi connectivity index (χ4v) is 2.42. The molecule has 0 saturated carbocycles. The molecule has 5 nitrogen and oxygen atoms in total. The first-order valence-corrected chi connectivity index (χ1v) is 8.84. The summed E-state index contributed by atoms with van der Waals surface area (Å²) in [5, 5.41) is 7.66. The Kier molecular flexibility index (Phi) is 7.94. The molecular weight excluding hydrogens is 372 g/mol. The maximum atomic E-state index is 12.2. The van der Waals surface area contributed by atoms with Crippen molar-refractivity contribution >= 4 is 28.7 Å². The van der Waals surface area contributed by atoms with Crippen molar-refractivity contribution in [1.82, 2.24) is 5.43 Å². The molecule has 0 aliphatic heterocycles. The number of anilines is 1. The molecule has 27 heavy (non-hydrogen) atoms. The van der Waals surface area contributed by atoms with Crippen molar-refractivity contribution in [2.45, 2.75) is 26.9 Å². The Balaban J connectivity index is 1.95. The summed E-state index contributed by atoms with van der Waals surface area (Å²) in [6, 6.07) is 13.7. The van der Waals surface area contributed by atoms with Crippen LogP contribution in [0.1, 0.15) is 25.8 Å². The second kappa shape index (κ2) is 10.4. The van der Waals surface area contributed by atoms with Gasteiger partial charge in [-0.15, -0.1) is 0 Å². The van der Waals surface area contributed by atoms with Crippen molar-refractivity contribution in [2.75, 3.05) is 11.9 Å². The Bertz CT molecular complexity index is 766. The zero-order valence-electron chi connectivity index (χ0n) is 15.0. The van der Waals surface area contributed by atoms with Gasteiger partial charge in [-0.2, -0.15) is 13.9 Å². The largest absolute Gasteiger partial charge is 0.494 e. The standard InChI is InChI=1S/C19H21F2N3O2S/c1-3-17(13-5-9-16(10-6-13)26-18(20)21)23-24-19(27)22-14-7-11-15(12-8-14)25-4-2/h5-12,18H,3-4H2,1-2H3,(H2,22,24,27)/b23-17+. The van der Waals surface area contributed by atoms with Crippen LogP contribution in [0.4, 0.5) is 14.5 Å². The van der Waals surface area contributed by atoms with Gasteiger partial charge in [-0.1, -0.05) is 6.92 Å². The molecule has 0 aliphatic carbocycles. The molecule has 0 atom stereocenters. The fourth-order valence-electron chi connectivity index (χ4n) is 2.25. The SMILES string of the molecule is CCOc1ccc(NC(=S)N/N=C(\CC)c2ccc(OC(F)F)cc2)cc1. The van der Waals surface area contributed by atoms with Gasteiger partial charge in [0.1, 0.15) is 11.5 Å². The normalized spacial score (nSPS) is 11.2. The van der Waals surface area contributed by atoms with E-state index in [1.165, 1.54) is 12.1 Å². The maximum absolute atomic E-state index is 12.2. The summed E-state index contributed by atoms with van der Waals surface area (Å²) in [5.74, 6) is 0.886. The van der Waals surface area contributed by atoms with E-state index in [9.17, 15) is 8.78 Å². The molecule has 0 bridgehead atoms. The number of thiocarbonyl (C=S) groups is 1. The van der Waals surface area contributed by atoms with E-state index in [4.69, 9.17) is 17.0 Å². The number of rotatable bonds is 8. The number of nitrogens with zero attached hydrogens (tertiary/aromatic N) is 1. The third-order valence-electron chi connectivity index (χ3n) is 3.46. The number of alkyl halides is 2. The summed E-state index contributed by atoms with van der Waals surface area (Å²) in [6.45, 7) is 1.63. The van der Waals surface area contributed by atoms with Crippen molar-refractivity contribution in [1.29, 1.82) is 0 Å². The highest BCUT2D eigenvalue weighted by molar-refractivity contribution is 7.80. The Morgan fingerprint density at radius 1 is 1.04 bits per heavy atom. The van der Waals surface area contributed by atoms with E-state index in [2.05, 4.69) is 20.6 Å². The van der Waals surface area contributed by atoms with Crippen LogP contribution in [0.15, 0.2) is 53.6 Å². The lowest BCUT2D eigenvalue weighted by Gasteiger charge is -2.10. The Morgan fingerprint density at radius 2 is 1.67 bits per heavy atom. The molecular formula is C19H21F2N3O2S. The topological polar surface area (TPSA) is 54.9 Å². The lowest BCUT2D eigenvalue weighted by molar-refractivity contribution is -0.0498. The van der Waals surface area contributed by atoms with Crippen LogP contribution in [-0.4, -0.2) is 24.0 Å². The number of benzene rings is 2.